The van der Waals surface area contributed by atoms with Crippen LogP contribution < -0.4 is 5.32 Å². The van der Waals surface area contributed by atoms with Gasteiger partial charge in [-0.05, 0) is 37.8 Å². The van der Waals surface area contributed by atoms with Gasteiger partial charge in [0.25, 0.3) is 0 Å². The van der Waals surface area contributed by atoms with Gasteiger partial charge in [-0.2, -0.15) is 0 Å². The molecule has 0 aromatic carbocycles. The number of rotatable bonds is 4. The topological polar surface area (TPSA) is 25.2 Å². The molecule has 2 heterocycles. The number of hydrogen-bond acceptors (Lipinski definition) is 3. The standard InChI is InChI=1S/C13H17NOS/c1-9-10(2)15-11(3)13(9)8-14-7-12-5-4-6-16-12/h4-6,14H,7-8H2,1-3H3. The minimum absolute atomic E-state index is 0.882. The summed E-state index contributed by atoms with van der Waals surface area (Å²) in [5.41, 5.74) is 2.57. The molecule has 0 aliphatic heterocycles. The first-order valence-electron chi connectivity index (χ1n) is 5.47. The van der Waals surface area contributed by atoms with Crippen molar-refractivity contribution < 1.29 is 4.42 Å². The van der Waals surface area contributed by atoms with Gasteiger partial charge in [0.15, 0.2) is 0 Å². The molecule has 0 aliphatic carbocycles. The molecule has 3 heteroatoms. The van der Waals surface area contributed by atoms with Crippen LogP contribution in [0.5, 0.6) is 0 Å². The van der Waals surface area contributed by atoms with Crippen molar-refractivity contribution in [2.24, 2.45) is 0 Å². The van der Waals surface area contributed by atoms with Crippen LogP contribution in [-0.2, 0) is 13.1 Å². The zero-order valence-electron chi connectivity index (χ0n) is 9.96. The second-order valence-corrected chi connectivity index (χ2v) is 5.03. The van der Waals surface area contributed by atoms with E-state index >= 15 is 0 Å². The zero-order chi connectivity index (χ0) is 11.5. The van der Waals surface area contributed by atoms with Gasteiger partial charge in [0.2, 0.25) is 0 Å². The van der Waals surface area contributed by atoms with E-state index in [1.807, 2.05) is 13.8 Å². The molecular weight excluding hydrogens is 218 g/mol. The van der Waals surface area contributed by atoms with Gasteiger partial charge in [-0.3, -0.25) is 0 Å². The summed E-state index contributed by atoms with van der Waals surface area (Å²) in [4.78, 5) is 1.37. The maximum absolute atomic E-state index is 5.60. The molecule has 0 fully saturated rings. The van der Waals surface area contributed by atoms with Crippen molar-refractivity contribution >= 4 is 11.3 Å². The normalized spacial score (nSPS) is 10.9. The molecule has 2 rings (SSSR count). The highest BCUT2D eigenvalue weighted by Crippen LogP contribution is 2.20. The maximum atomic E-state index is 5.60. The molecule has 2 aromatic rings. The molecule has 0 saturated carbocycles. The first-order valence-corrected chi connectivity index (χ1v) is 6.35. The van der Waals surface area contributed by atoms with E-state index in [1.54, 1.807) is 11.3 Å². The predicted octanol–water partition coefficient (Wildman–Crippen LogP) is 3.56. The molecule has 86 valence electrons. The van der Waals surface area contributed by atoms with Crippen molar-refractivity contribution in [2.75, 3.05) is 0 Å². The number of furan rings is 1. The Labute approximate surface area is 100 Å². The molecule has 1 N–H and O–H groups in total. The largest absolute Gasteiger partial charge is 0.466 e. The lowest BCUT2D eigenvalue weighted by molar-refractivity contribution is 0.497. The van der Waals surface area contributed by atoms with Crippen LogP contribution in [0.4, 0.5) is 0 Å². The summed E-state index contributed by atoms with van der Waals surface area (Å²) in [6, 6.07) is 4.23. The van der Waals surface area contributed by atoms with Crippen molar-refractivity contribution in [1.82, 2.24) is 5.32 Å². The molecule has 0 spiro atoms. The summed E-state index contributed by atoms with van der Waals surface area (Å²) in [6.07, 6.45) is 0. The van der Waals surface area contributed by atoms with Crippen molar-refractivity contribution in [3.05, 3.63) is 45.0 Å². The van der Waals surface area contributed by atoms with E-state index in [9.17, 15) is 0 Å². The second-order valence-electron chi connectivity index (χ2n) is 4.00. The summed E-state index contributed by atoms with van der Waals surface area (Å²) in [6.45, 7) is 7.98. The SMILES string of the molecule is Cc1oc(C)c(CNCc2cccs2)c1C. The van der Waals surface area contributed by atoms with Crippen LogP contribution in [0.3, 0.4) is 0 Å². The highest BCUT2D eigenvalue weighted by Gasteiger charge is 2.10. The van der Waals surface area contributed by atoms with Gasteiger partial charge in [-0.15, -0.1) is 11.3 Å². The Morgan fingerprint density at radius 3 is 2.56 bits per heavy atom. The lowest BCUT2D eigenvalue weighted by Crippen LogP contribution is -2.12. The highest BCUT2D eigenvalue weighted by atomic mass is 32.1. The van der Waals surface area contributed by atoms with Crippen LogP contribution in [0.1, 0.15) is 27.5 Å². The Bertz CT molecular complexity index is 456. The number of thiophene rings is 1. The van der Waals surface area contributed by atoms with E-state index in [2.05, 4.69) is 29.8 Å². The van der Waals surface area contributed by atoms with Crippen LogP contribution in [-0.4, -0.2) is 0 Å². The molecule has 0 aliphatic rings. The molecule has 0 amide bonds. The monoisotopic (exact) mass is 235 g/mol. The lowest BCUT2D eigenvalue weighted by Gasteiger charge is -2.03. The highest BCUT2D eigenvalue weighted by molar-refractivity contribution is 7.09. The van der Waals surface area contributed by atoms with Crippen molar-refractivity contribution in [3.8, 4) is 0 Å². The Morgan fingerprint density at radius 2 is 2.00 bits per heavy atom. The summed E-state index contributed by atoms with van der Waals surface area (Å²) >= 11 is 1.79. The smallest absolute Gasteiger partial charge is 0.105 e. The van der Waals surface area contributed by atoms with Gasteiger partial charge in [0.1, 0.15) is 11.5 Å². The fourth-order valence-corrected chi connectivity index (χ4v) is 2.50. The fourth-order valence-electron chi connectivity index (χ4n) is 1.83. The van der Waals surface area contributed by atoms with E-state index in [-0.39, 0.29) is 0 Å². The third-order valence-electron chi connectivity index (χ3n) is 2.89. The number of nitrogens with one attached hydrogen (secondary N) is 1. The predicted molar refractivity (Wildman–Crippen MR) is 67.8 cm³/mol. The first kappa shape index (κ1) is 11.4. The van der Waals surface area contributed by atoms with E-state index in [0.717, 1.165) is 24.6 Å². The number of hydrogen-bond donors (Lipinski definition) is 1. The van der Waals surface area contributed by atoms with Gasteiger partial charge < -0.3 is 9.73 Å². The molecule has 0 radical (unpaired) electrons. The van der Waals surface area contributed by atoms with Gasteiger partial charge >= 0.3 is 0 Å². The van der Waals surface area contributed by atoms with Crippen molar-refractivity contribution in [3.63, 3.8) is 0 Å². The second kappa shape index (κ2) is 4.85. The average Bonchev–Trinajstić information content (AvgIpc) is 2.82. The molecule has 16 heavy (non-hydrogen) atoms. The summed E-state index contributed by atoms with van der Waals surface area (Å²) < 4.78 is 5.60. The van der Waals surface area contributed by atoms with Gasteiger partial charge in [-0.25, -0.2) is 0 Å². The van der Waals surface area contributed by atoms with Gasteiger partial charge in [-0.1, -0.05) is 6.07 Å². The molecule has 0 saturated heterocycles. The maximum Gasteiger partial charge on any atom is 0.105 e. The molecule has 0 unspecified atom stereocenters. The van der Waals surface area contributed by atoms with Crippen LogP contribution >= 0.6 is 11.3 Å². The third-order valence-corrected chi connectivity index (χ3v) is 3.77. The van der Waals surface area contributed by atoms with Crippen molar-refractivity contribution in [2.45, 2.75) is 33.9 Å². The first-order chi connectivity index (χ1) is 7.68. The molecule has 0 atom stereocenters. The minimum atomic E-state index is 0.882. The van der Waals surface area contributed by atoms with Crippen LogP contribution in [0.25, 0.3) is 0 Å². The van der Waals surface area contributed by atoms with E-state index in [4.69, 9.17) is 4.42 Å². The Kier molecular flexibility index (Phi) is 3.46. The summed E-state index contributed by atoms with van der Waals surface area (Å²) in [5, 5.41) is 5.56. The lowest BCUT2D eigenvalue weighted by atomic mass is 10.1. The van der Waals surface area contributed by atoms with E-state index in [1.165, 1.54) is 16.0 Å². The average molecular weight is 235 g/mol. The van der Waals surface area contributed by atoms with E-state index in [0.29, 0.717) is 0 Å². The van der Waals surface area contributed by atoms with Gasteiger partial charge in [0, 0.05) is 23.5 Å². The summed E-state index contributed by atoms with van der Waals surface area (Å²) in [7, 11) is 0. The Balaban J connectivity index is 1.95. The van der Waals surface area contributed by atoms with Crippen LogP contribution in [0.2, 0.25) is 0 Å². The summed E-state index contributed by atoms with van der Waals surface area (Å²) in [5.74, 6) is 2.07. The fraction of sp³-hybridized carbons (Fsp3) is 0.385. The molecule has 2 aromatic heterocycles. The molecule has 0 bridgehead atoms. The van der Waals surface area contributed by atoms with E-state index < -0.39 is 0 Å². The van der Waals surface area contributed by atoms with Crippen molar-refractivity contribution in [1.29, 1.82) is 0 Å². The van der Waals surface area contributed by atoms with Crippen LogP contribution in [0.15, 0.2) is 21.9 Å². The Morgan fingerprint density at radius 1 is 1.19 bits per heavy atom. The molecular formula is C13H17NOS. The van der Waals surface area contributed by atoms with Crippen LogP contribution in [0, 0.1) is 20.8 Å². The minimum Gasteiger partial charge on any atom is -0.466 e. The Hall–Kier alpha value is -1.06. The zero-order valence-corrected chi connectivity index (χ0v) is 10.8. The number of aryl methyl sites for hydroxylation is 2. The molecule has 2 nitrogen and oxygen atoms in total. The van der Waals surface area contributed by atoms with Gasteiger partial charge in [0.05, 0.1) is 0 Å². The quantitative estimate of drug-likeness (QED) is 0.876. The third kappa shape index (κ3) is 2.36.